The summed E-state index contributed by atoms with van der Waals surface area (Å²) in [5.74, 6) is 1.79. The number of halogens is 1. The van der Waals surface area contributed by atoms with E-state index in [9.17, 15) is 0 Å². The molecule has 0 bridgehead atoms. The largest absolute Gasteiger partial charge is 0.467 e. The molecular weight excluding hydrogens is 274 g/mol. The smallest absolute Gasteiger partial charge is 0.148 e. The number of hydrogen-bond acceptors (Lipinski definition) is 4. The Labute approximate surface area is 123 Å². The van der Waals surface area contributed by atoms with Gasteiger partial charge in [-0.15, -0.1) is 0 Å². The van der Waals surface area contributed by atoms with Crippen LogP contribution in [0.15, 0.2) is 35.1 Å². The molecule has 2 heterocycles. The Bertz CT molecular complexity index is 567. The lowest BCUT2D eigenvalue weighted by molar-refractivity contribution is 0.500. The maximum Gasteiger partial charge on any atom is 0.148 e. The third kappa shape index (κ3) is 2.97. The van der Waals surface area contributed by atoms with Crippen LogP contribution in [0.25, 0.3) is 0 Å². The van der Waals surface area contributed by atoms with Crippen LogP contribution in [-0.4, -0.2) is 18.1 Å². The monoisotopic (exact) mass is 291 g/mol. The molecule has 0 radical (unpaired) electrons. The first kappa shape index (κ1) is 13.5. The Balaban J connectivity index is 1.83. The quantitative estimate of drug-likeness (QED) is 0.887. The minimum absolute atomic E-state index is 0.528. The number of nitrogens with zero attached hydrogens (tertiary/aromatic N) is 2. The summed E-state index contributed by atoms with van der Waals surface area (Å²) in [5.41, 5.74) is 1.09. The van der Waals surface area contributed by atoms with E-state index in [-0.39, 0.29) is 0 Å². The van der Waals surface area contributed by atoms with Gasteiger partial charge in [0.05, 0.1) is 17.8 Å². The van der Waals surface area contributed by atoms with E-state index in [0.29, 0.717) is 11.1 Å². The maximum atomic E-state index is 6.41. The van der Waals surface area contributed by atoms with Crippen LogP contribution in [0.4, 0.5) is 5.82 Å². The van der Waals surface area contributed by atoms with Crippen LogP contribution >= 0.6 is 11.6 Å². The molecule has 3 rings (SSSR count). The average Bonchev–Trinajstić information content (AvgIpc) is 3.15. The Kier molecular flexibility index (Phi) is 3.94. The molecule has 2 aromatic rings. The number of nitrogens with one attached hydrogen (secondary N) is 1. The first-order valence-corrected chi connectivity index (χ1v) is 7.24. The lowest BCUT2D eigenvalue weighted by Gasteiger charge is -2.23. The molecule has 20 heavy (non-hydrogen) atoms. The van der Waals surface area contributed by atoms with E-state index >= 15 is 0 Å². The van der Waals surface area contributed by atoms with Crippen molar-refractivity contribution in [2.45, 2.75) is 32.0 Å². The van der Waals surface area contributed by atoms with E-state index < -0.39 is 0 Å². The number of furan rings is 1. The van der Waals surface area contributed by atoms with E-state index in [0.717, 1.165) is 30.2 Å². The minimum Gasteiger partial charge on any atom is -0.467 e. The number of aromatic nitrogens is 1. The summed E-state index contributed by atoms with van der Waals surface area (Å²) in [6, 6.07) is 6.41. The van der Waals surface area contributed by atoms with Crippen LogP contribution in [0.2, 0.25) is 5.02 Å². The van der Waals surface area contributed by atoms with E-state index in [1.54, 1.807) is 6.26 Å². The summed E-state index contributed by atoms with van der Waals surface area (Å²) in [4.78, 5) is 6.79. The Hall–Kier alpha value is -1.52. The molecule has 0 amide bonds. The van der Waals surface area contributed by atoms with Gasteiger partial charge in [0.25, 0.3) is 0 Å². The van der Waals surface area contributed by atoms with Crippen LogP contribution in [-0.2, 0) is 13.1 Å². The molecule has 1 N–H and O–H groups in total. The summed E-state index contributed by atoms with van der Waals surface area (Å²) in [5, 5.41) is 3.81. The first-order chi connectivity index (χ1) is 9.78. The topological polar surface area (TPSA) is 41.3 Å². The first-order valence-electron chi connectivity index (χ1n) is 6.86. The zero-order valence-corrected chi connectivity index (χ0v) is 12.2. The molecule has 2 aromatic heterocycles. The molecule has 4 nitrogen and oxygen atoms in total. The van der Waals surface area contributed by atoms with Gasteiger partial charge in [0.1, 0.15) is 11.6 Å². The van der Waals surface area contributed by atoms with Crippen molar-refractivity contribution >= 4 is 17.4 Å². The van der Waals surface area contributed by atoms with Gasteiger partial charge < -0.3 is 14.6 Å². The zero-order valence-electron chi connectivity index (χ0n) is 11.5. The van der Waals surface area contributed by atoms with Gasteiger partial charge in [0.15, 0.2) is 0 Å². The normalized spacial score (nSPS) is 14.5. The predicted molar refractivity (Wildman–Crippen MR) is 79.9 cm³/mol. The lowest BCUT2D eigenvalue weighted by atomic mass is 10.2. The average molecular weight is 292 g/mol. The van der Waals surface area contributed by atoms with Crippen molar-refractivity contribution < 1.29 is 4.42 Å². The van der Waals surface area contributed by atoms with Crippen molar-refractivity contribution in [1.29, 1.82) is 0 Å². The number of pyridine rings is 1. The van der Waals surface area contributed by atoms with Crippen LogP contribution < -0.4 is 10.2 Å². The standard InChI is InChI=1S/C15H18ClN3O/c1-17-8-11-7-14(16)15(18-9-11)19(12-4-5-12)10-13-3-2-6-20-13/h2-3,6-7,9,12,17H,4-5,8,10H2,1H3. The summed E-state index contributed by atoms with van der Waals surface area (Å²) >= 11 is 6.41. The minimum atomic E-state index is 0.528. The van der Waals surface area contributed by atoms with Gasteiger partial charge in [-0.25, -0.2) is 4.98 Å². The summed E-state index contributed by atoms with van der Waals surface area (Å²) in [6.45, 7) is 1.49. The molecule has 0 saturated heterocycles. The Morgan fingerprint density at radius 3 is 2.95 bits per heavy atom. The second-order valence-electron chi connectivity index (χ2n) is 5.12. The van der Waals surface area contributed by atoms with Gasteiger partial charge in [0.2, 0.25) is 0 Å². The van der Waals surface area contributed by atoms with Gasteiger partial charge in [-0.2, -0.15) is 0 Å². The molecule has 1 aliphatic rings. The van der Waals surface area contributed by atoms with Crippen molar-refractivity contribution in [3.8, 4) is 0 Å². The second kappa shape index (κ2) is 5.85. The van der Waals surface area contributed by atoms with Gasteiger partial charge in [-0.05, 0) is 43.7 Å². The van der Waals surface area contributed by atoms with Crippen LogP contribution in [0.1, 0.15) is 24.2 Å². The van der Waals surface area contributed by atoms with Crippen molar-refractivity contribution in [2.24, 2.45) is 0 Å². The fourth-order valence-corrected chi connectivity index (χ4v) is 2.61. The summed E-state index contributed by atoms with van der Waals surface area (Å²) in [7, 11) is 1.91. The van der Waals surface area contributed by atoms with Gasteiger partial charge in [0, 0.05) is 18.8 Å². The van der Waals surface area contributed by atoms with Gasteiger partial charge >= 0.3 is 0 Å². The predicted octanol–water partition coefficient (Wildman–Crippen LogP) is 3.22. The van der Waals surface area contributed by atoms with Crippen molar-refractivity contribution in [1.82, 2.24) is 10.3 Å². The Morgan fingerprint density at radius 1 is 1.50 bits per heavy atom. The highest BCUT2D eigenvalue weighted by molar-refractivity contribution is 6.33. The number of hydrogen-bond donors (Lipinski definition) is 1. The summed E-state index contributed by atoms with van der Waals surface area (Å²) < 4.78 is 5.44. The van der Waals surface area contributed by atoms with Crippen molar-refractivity contribution in [3.05, 3.63) is 47.0 Å². The van der Waals surface area contributed by atoms with Crippen LogP contribution in [0.5, 0.6) is 0 Å². The van der Waals surface area contributed by atoms with E-state index in [1.165, 1.54) is 12.8 Å². The molecule has 1 aliphatic carbocycles. The number of rotatable bonds is 6. The molecule has 0 atom stereocenters. The maximum absolute atomic E-state index is 6.41. The molecule has 0 spiro atoms. The highest BCUT2D eigenvalue weighted by Crippen LogP contribution is 2.35. The third-order valence-electron chi connectivity index (χ3n) is 3.43. The molecule has 106 valence electrons. The SMILES string of the molecule is CNCc1cnc(N(Cc2ccco2)C2CC2)c(Cl)c1. The number of anilines is 1. The molecule has 0 aliphatic heterocycles. The molecular formula is C15H18ClN3O. The molecule has 1 fully saturated rings. The molecule has 0 aromatic carbocycles. The van der Waals surface area contributed by atoms with Gasteiger partial charge in [-0.3, -0.25) is 0 Å². The van der Waals surface area contributed by atoms with E-state index in [1.807, 2.05) is 31.4 Å². The fraction of sp³-hybridized carbons (Fsp3) is 0.400. The highest BCUT2D eigenvalue weighted by Gasteiger charge is 2.31. The third-order valence-corrected chi connectivity index (χ3v) is 3.70. The molecule has 0 unspecified atom stereocenters. The van der Waals surface area contributed by atoms with Crippen molar-refractivity contribution in [2.75, 3.05) is 11.9 Å². The highest BCUT2D eigenvalue weighted by atomic mass is 35.5. The Morgan fingerprint density at radius 2 is 2.35 bits per heavy atom. The van der Waals surface area contributed by atoms with Gasteiger partial charge in [-0.1, -0.05) is 11.6 Å². The fourth-order valence-electron chi connectivity index (χ4n) is 2.32. The van der Waals surface area contributed by atoms with E-state index in [4.69, 9.17) is 16.0 Å². The molecule has 5 heteroatoms. The second-order valence-corrected chi connectivity index (χ2v) is 5.52. The molecule has 1 saturated carbocycles. The van der Waals surface area contributed by atoms with E-state index in [2.05, 4.69) is 15.2 Å². The lowest BCUT2D eigenvalue weighted by Crippen LogP contribution is -2.26. The zero-order chi connectivity index (χ0) is 13.9. The van der Waals surface area contributed by atoms with Crippen molar-refractivity contribution in [3.63, 3.8) is 0 Å². The summed E-state index contributed by atoms with van der Waals surface area (Å²) in [6.07, 6.45) is 5.97. The van der Waals surface area contributed by atoms with Crippen LogP contribution in [0.3, 0.4) is 0 Å². The van der Waals surface area contributed by atoms with Crippen LogP contribution in [0, 0.1) is 0 Å².